The Hall–Kier alpha value is -3.19. The van der Waals surface area contributed by atoms with Crippen LogP contribution in [0, 0.1) is 10.1 Å². The fourth-order valence-electron chi connectivity index (χ4n) is 2.27. The topological polar surface area (TPSA) is 107 Å². The van der Waals surface area contributed by atoms with Gasteiger partial charge in [-0.05, 0) is 42.0 Å². The highest BCUT2D eigenvalue weighted by molar-refractivity contribution is 6.32. The van der Waals surface area contributed by atoms with E-state index in [1.165, 1.54) is 55.7 Å². The number of carboxylic acids is 1. The standard InChI is InChI=1S/C18H14ClNO6/c1-26-17-7-3-12(8-13(17)10-18(22)23)16(21)6-2-11-9-14(20(24)25)4-5-15(11)19/h2-9H,10H2,1H3,(H,22,23)/b6-2+. The highest BCUT2D eigenvalue weighted by atomic mass is 35.5. The summed E-state index contributed by atoms with van der Waals surface area (Å²) in [6.07, 6.45) is 2.31. The van der Waals surface area contributed by atoms with Crippen molar-refractivity contribution in [3.05, 3.63) is 74.3 Å². The van der Waals surface area contributed by atoms with Crippen molar-refractivity contribution in [1.29, 1.82) is 0 Å². The summed E-state index contributed by atoms with van der Waals surface area (Å²) < 4.78 is 5.09. The molecule has 2 aromatic carbocycles. The van der Waals surface area contributed by atoms with E-state index in [-0.39, 0.29) is 22.7 Å². The van der Waals surface area contributed by atoms with E-state index in [0.717, 1.165) is 0 Å². The number of nitrogens with zero attached hydrogens (tertiary/aromatic N) is 1. The molecule has 0 aliphatic heterocycles. The zero-order valence-electron chi connectivity index (χ0n) is 13.6. The quantitative estimate of drug-likeness (QED) is 0.341. The van der Waals surface area contributed by atoms with Gasteiger partial charge in [0.15, 0.2) is 5.78 Å². The predicted molar refractivity (Wildman–Crippen MR) is 95.8 cm³/mol. The van der Waals surface area contributed by atoms with Gasteiger partial charge in [-0.15, -0.1) is 0 Å². The van der Waals surface area contributed by atoms with Gasteiger partial charge >= 0.3 is 5.97 Å². The lowest BCUT2D eigenvalue weighted by molar-refractivity contribution is -0.384. The van der Waals surface area contributed by atoms with E-state index in [0.29, 0.717) is 16.9 Å². The summed E-state index contributed by atoms with van der Waals surface area (Å²) in [5.41, 5.74) is 0.815. The number of methoxy groups -OCH3 is 1. The Morgan fingerprint density at radius 2 is 2.00 bits per heavy atom. The number of nitro groups is 1. The van der Waals surface area contributed by atoms with Gasteiger partial charge in [0.2, 0.25) is 0 Å². The van der Waals surface area contributed by atoms with Crippen molar-refractivity contribution in [2.24, 2.45) is 0 Å². The third kappa shape index (κ3) is 4.67. The number of non-ortho nitro benzene ring substituents is 1. The van der Waals surface area contributed by atoms with E-state index in [2.05, 4.69) is 0 Å². The molecule has 2 rings (SSSR count). The molecule has 2 aromatic rings. The van der Waals surface area contributed by atoms with Crippen LogP contribution in [0.1, 0.15) is 21.5 Å². The smallest absolute Gasteiger partial charge is 0.307 e. The monoisotopic (exact) mass is 375 g/mol. The summed E-state index contributed by atoms with van der Waals surface area (Å²) in [5.74, 6) is -1.08. The van der Waals surface area contributed by atoms with Crippen LogP contribution in [-0.4, -0.2) is 28.9 Å². The second-order valence-corrected chi connectivity index (χ2v) is 5.66. The van der Waals surface area contributed by atoms with Gasteiger partial charge in [0.25, 0.3) is 5.69 Å². The van der Waals surface area contributed by atoms with E-state index in [4.69, 9.17) is 21.4 Å². The number of hydrogen-bond donors (Lipinski definition) is 1. The maximum atomic E-state index is 12.3. The Balaban J connectivity index is 2.30. The van der Waals surface area contributed by atoms with Gasteiger partial charge in [-0.1, -0.05) is 11.6 Å². The number of benzene rings is 2. The van der Waals surface area contributed by atoms with Crippen LogP contribution in [0.25, 0.3) is 6.08 Å². The first kappa shape index (κ1) is 19.1. The van der Waals surface area contributed by atoms with Crippen molar-refractivity contribution >= 4 is 35.1 Å². The molecule has 0 spiro atoms. The minimum Gasteiger partial charge on any atom is -0.496 e. The van der Waals surface area contributed by atoms with Crippen LogP contribution < -0.4 is 4.74 Å². The number of ketones is 1. The molecule has 0 fully saturated rings. The van der Waals surface area contributed by atoms with Crippen LogP contribution in [0.5, 0.6) is 5.75 Å². The van der Waals surface area contributed by atoms with Crippen molar-refractivity contribution in [1.82, 2.24) is 0 Å². The number of allylic oxidation sites excluding steroid dienone is 1. The highest BCUT2D eigenvalue weighted by Crippen LogP contribution is 2.24. The van der Waals surface area contributed by atoms with Crippen molar-refractivity contribution in [3.8, 4) is 5.75 Å². The third-order valence-corrected chi connectivity index (χ3v) is 3.86. The lowest BCUT2D eigenvalue weighted by Crippen LogP contribution is -2.04. The Labute approximate surface area is 153 Å². The zero-order valence-corrected chi connectivity index (χ0v) is 14.4. The minimum atomic E-state index is -1.05. The molecule has 0 aromatic heterocycles. The lowest BCUT2D eigenvalue weighted by Gasteiger charge is -2.08. The summed E-state index contributed by atoms with van der Waals surface area (Å²) in [7, 11) is 1.41. The normalized spacial score (nSPS) is 10.7. The first-order chi connectivity index (χ1) is 12.3. The molecule has 0 heterocycles. The molecule has 0 aliphatic carbocycles. The Morgan fingerprint density at radius 1 is 1.27 bits per heavy atom. The molecule has 0 atom stereocenters. The van der Waals surface area contributed by atoms with Crippen molar-refractivity contribution < 1.29 is 24.4 Å². The molecule has 26 heavy (non-hydrogen) atoms. The molecular formula is C18H14ClNO6. The van der Waals surface area contributed by atoms with Crippen LogP contribution in [0.15, 0.2) is 42.5 Å². The summed E-state index contributed by atoms with van der Waals surface area (Å²) in [5, 5.41) is 20.0. The molecule has 1 N–H and O–H groups in total. The van der Waals surface area contributed by atoms with Gasteiger partial charge in [0, 0.05) is 28.3 Å². The Kier molecular flexibility index (Phi) is 6.08. The molecule has 134 valence electrons. The summed E-state index contributed by atoms with van der Waals surface area (Å²) in [6, 6.07) is 8.36. The molecule has 0 bridgehead atoms. The van der Waals surface area contributed by atoms with Gasteiger partial charge in [-0.25, -0.2) is 0 Å². The molecule has 0 amide bonds. The van der Waals surface area contributed by atoms with E-state index >= 15 is 0 Å². The van der Waals surface area contributed by atoms with Crippen LogP contribution in [0.3, 0.4) is 0 Å². The van der Waals surface area contributed by atoms with Crippen molar-refractivity contribution in [2.45, 2.75) is 6.42 Å². The minimum absolute atomic E-state index is 0.144. The van der Waals surface area contributed by atoms with Crippen LogP contribution >= 0.6 is 11.6 Å². The first-order valence-electron chi connectivity index (χ1n) is 7.37. The number of aliphatic carboxylic acids is 1. The van der Waals surface area contributed by atoms with E-state index in [9.17, 15) is 19.7 Å². The Morgan fingerprint density at radius 3 is 2.62 bits per heavy atom. The van der Waals surface area contributed by atoms with Crippen LogP contribution in [0.2, 0.25) is 5.02 Å². The summed E-state index contributed by atoms with van der Waals surface area (Å²) >= 11 is 5.99. The lowest BCUT2D eigenvalue weighted by atomic mass is 10.0. The second kappa shape index (κ2) is 8.26. The molecule has 8 heteroatoms. The third-order valence-electron chi connectivity index (χ3n) is 3.51. The van der Waals surface area contributed by atoms with Gasteiger partial charge < -0.3 is 9.84 Å². The van der Waals surface area contributed by atoms with Crippen molar-refractivity contribution in [3.63, 3.8) is 0 Å². The number of ether oxygens (including phenoxy) is 1. The number of rotatable bonds is 7. The van der Waals surface area contributed by atoms with Gasteiger partial charge in [-0.3, -0.25) is 19.7 Å². The van der Waals surface area contributed by atoms with Gasteiger partial charge in [-0.2, -0.15) is 0 Å². The molecule has 0 saturated carbocycles. The van der Waals surface area contributed by atoms with E-state index < -0.39 is 16.7 Å². The zero-order chi connectivity index (χ0) is 19.3. The highest BCUT2D eigenvalue weighted by Gasteiger charge is 2.12. The van der Waals surface area contributed by atoms with Crippen molar-refractivity contribution in [2.75, 3.05) is 7.11 Å². The van der Waals surface area contributed by atoms with Gasteiger partial charge in [0.05, 0.1) is 18.5 Å². The van der Waals surface area contributed by atoms with Crippen LogP contribution in [-0.2, 0) is 11.2 Å². The predicted octanol–water partition coefficient (Wildman–Crippen LogP) is 3.78. The Bertz CT molecular complexity index is 907. The van der Waals surface area contributed by atoms with E-state index in [1.54, 1.807) is 0 Å². The molecule has 7 nitrogen and oxygen atoms in total. The fraction of sp³-hybridized carbons (Fsp3) is 0.111. The number of carbonyl (C=O) groups excluding carboxylic acids is 1. The molecule has 0 saturated heterocycles. The number of carboxylic acid groups (broad SMARTS) is 1. The van der Waals surface area contributed by atoms with Gasteiger partial charge in [0.1, 0.15) is 5.75 Å². The largest absolute Gasteiger partial charge is 0.496 e. The maximum absolute atomic E-state index is 12.3. The average Bonchev–Trinajstić information content (AvgIpc) is 2.60. The number of nitro benzene ring substituents is 1. The van der Waals surface area contributed by atoms with Crippen LogP contribution in [0.4, 0.5) is 5.69 Å². The second-order valence-electron chi connectivity index (χ2n) is 5.26. The SMILES string of the molecule is COc1ccc(C(=O)/C=C/c2cc([N+](=O)[O-])ccc2Cl)cc1CC(=O)O. The molecule has 0 aliphatic rings. The number of hydrogen-bond acceptors (Lipinski definition) is 5. The fourth-order valence-corrected chi connectivity index (χ4v) is 2.45. The molecular weight excluding hydrogens is 362 g/mol. The maximum Gasteiger partial charge on any atom is 0.307 e. The van der Waals surface area contributed by atoms with E-state index in [1.807, 2.05) is 0 Å². The molecule has 0 radical (unpaired) electrons. The molecule has 0 unspecified atom stereocenters. The number of halogens is 1. The average molecular weight is 376 g/mol. The number of carbonyl (C=O) groups is 2. The first-order valence-corrected chi connectivity index (χ1v) is 7.74. The summed E-state index contributed by atoms with van der Waals surface area (Å²) in [6.45, 7) is 0. The summed E-state index contributed by atoms with van der Waals surface area (Å²) in [4.78, 5) is 33.5.